The molecule has 0 bridgehead atoms. The van der Waals surface area contributed by atoms with Crippen molar-refractivity contribution in [2.75, 3.05) is 5.75 Å². The molecule has 2 aromatic rings. The smallest absolute Gasteiger partial charge is 0.276 e. The third-order valence-corrected chi connectivity index (χ3v) is 5.41. The Hall–Kier alpha value is -3.20. The molecule has 4 rings (SSSR count). The Bertz CT molecular complexity index is 1110. The van der Waals surface area contributed by atoms with E-state index < -0.39 is 11.1 Å². The van der Waals surface area contributed by atoms with Crippen LogP contribution in [0.25, 0.3) is 5.70 Å². The summed E-state index contributed by atoms with van der Waals surface area (Å²) in [7, 11) is 0. The number of para-hydroxylation sites is 1. The number of hydrogen-bond donors (Lipinski definition) is 1. The molecule has 0 spiro atoms. The number of non-ortho nitro benzene ring substituents is 1. The number of fused-ring (bicyclic) bond motifs is 2. The SMILES string of the molecule is CCCSC1=NN2C(=c3ccccc3=NC2c2cccc([N+](=O)[O-])c2)C(=O)N1. The maximum absolute atomic E-state index is 12.9. The molecule has 0 fully saturated rings. The van der Waals surface area contributed by atoms with Gasteiger partial charge in [-0.3, -0.25) is 25.2 Å². The van der Waals surface area contributed by atoms with Gasteiger partial charge in [0.25, 0.3) is 11.6 Å². The van der Waals surface area contributed by atoms with Crippen LogP contribution in [-0.4, -0.2) is 26.8 Å². The zero-order chi connectivity index (χ0) is 19.7. The number of nitro groups is 1. The van der Waals surface area contributed by atoms with Gasteiger partial charge in [0.2, 0.25) is 0 Å². The van der Waals surface area contributed by atoms with Crippen LogP contribution < -0.4 is 15.9 Å². The number of nitrogens with zero attached hydrogens (tertiary/aromatic N) is 4. The van der Waals surface area contributed by atoms with Crippen molar-refractivity contribution < 1.29 is 9.72 Å². The minimum Gasteiger partial charge on any atom is -0.298 e. The Balaban J connectivity index is 1.89. The first-order valence-electron chi connectivity index (χ1n) is 8.82. The molecule has 2 heterocycles. The molecule has 0 aliphatic carbocycles. The number of benzene rings is 2. The molecule has 28 heavy (non-hydrogen) atoms. The number of carbonyl (C=O) groups excluding carboxylic acids is 1. The number of nitro benzene ring substituents is 1. The molecule has 9 heteroatoms. The van der Waals surface area contributed by atoms with E-state index in [0.29, 0.717) is 27.0 Å². The molecule has 1 atom stereocenters. The summed E-state index contributed by atoms with van der Waals surface area (Å²) >= 11 is 1.46. The van der Waals surface area contributed by atoms with Crippen molar-refractivity contribution in [1.82, 2.24) is 10.3 Å². The van der Waals surface area contributed by atoms with Gasteiger partial charge in [0.15, 0.2) is 11.3 Å². The van der Waals surface area contributed by atoms with E-state index in [1.165, 1.54) is 23.9 Å². The van der Waals surface area contributed by atoms with E-state index in [0.717, 1.165) is 12.2 Å². The molecule has 142 valence electrons. The molecule has 2 aliphatic heterocycles. The van der Waals surface area contributed by atoms with E-state index in [1.807, 2.05) is 31.2 Å². The second-order valence-corrected chi connectivity index (χ2v) is 7.36. The van der Waals surface area contributed by atoms with Crippen molar-refractivity contribution >= 4 is 34.2 Å². The van der Waals surface area contributed by atoms with Crippen molar-refractivity contribution in [1.29, 1.82) is 0 Å². The van der Waals surface area contributed by atoms with Crippen LogP contribution in [0.4, 0.5) is 5.69 Å². The quantitative estimate of drug-likeness (QED) is 0.629. The Morgan fingerprint density at radius 2 is 2.07 bits per heavy atom. The van der Waals surface area contributed by atoms with E-state index >= 15 is 0 Å². The van der Waals surface area contributed by atoms with Gasteiger partial charge in [-0.2, -0.15) is 0 Å². The molecule has 0 saturated heterocycles. The third kappa shape index (κ3) is 3.24. The summed E-state index contributed by atoms with van der Waals surface area (Å²) in [4.78, 5) is 28.4. The highest BCUT2D eigenvalue weighted by molar-refractivity contribution is 8.13. The topological polar surface area (TPSA) is 100 Å². The standard InChI is InChI=1S/C19H17N5O3S/c1-2-10-28-19-21-18(25)16-14-8-3-4-9-15(14)20-17(23(16)22-19)12-6-5-7-13(11-12)24(26)27/h3-9,11,17H,2,10H2,1H3,(H,21,22,25). The number of nitrogens with one attached hydrogen (secondary N) is 1. The monoisotopic (exact) mass is 395 g/mol. The number of hydrogen-bond acceptors (Lipinski definition) is 7. The van der Waals surface area contributed by atoms with Crippen LogP contribution >= 0.6 is 11.8 Å². The van der Waals surface area contributed by atoms with Crippen LogP contribution in [0.1, 0.15) is 25.1 Å². The van der Waals surface area contributed by atoms with Crippen molar-refractivity contribution in [3.8, 4) is 0 Å². The largest absolute Gasteiger partial charge is 0.298 e. The molecular formula is C19H17N5O3S. The van der Waals surface area contributed by atoms with Gasteiger partial charge in [-0.25, -0.2) is 5.01 Å². The fourth-order valence-corrected chi connectivity index (χ4v) is 3.82. The second-order valence-electron chi connectivity index (χ2n) is 6.27. The molecule has 0 radical (unpaired) electrons. The summed E-state index contributed by atoms with van der Waals surface area (Å²) in [6.07, 6.45) is 0.283. The summed E-state index contributed by atoms with van der Waals surface area (Å²) in [6.45, 7) is 2.05. The van der Waals surface area contributed by atoms with E-state index in [9.17, 15) is 14.9 Å². The minimum atomic E-state index is -0.659. The number of amides is 1. The molecule has 2 aromatic carbocycles. The zero-order valence-corrected chi connectivity index (χ0v) is 15.8. The highest BCUT2D eigenvalue weighted by Gasteiger charge is 2.34. The number of rotatable bonds is 4. The average molecular weight is 395 g/mol. The highest BCUT2D eigenvalue weighted by Crippen LogP contribution is 2.32. The average Bonchev–Trinajstić information content (AvgIpc) is 2.71. The van der Waals surface area contributed by atoms with Crippen LogP contribution in [0.2, 0.25) is 0 Å². The van der Waals surface area contributed by atoms with Crippen LogP contribution in [0.15, 0.2) is 58.6 Å². The second kappa shape index (κ2) is 7.43. The van der Waals surface area contributed by atoms with E-state index in [4.69, 9.17) is 4.99 Å². The van der Waals surface area contributed by atoms with Crippen molar-refractivity contribution in [3.05, 3.63) is 74.8 Å². The van der Waals surface area contributed by atoms with Gasteiger partial charge in [0.05, 0.1) is 10.3 Å². The fourth-order valence-electron chi connectivity index (χ4n) is 3.11. The maximum Gasteiger partial charge on any atom is 0.276 e. The van der Waals surface area contributed by atoms with Gasteiger partial charge in [0, 0.05) is 28.7 Å². The number of thioether (sulfide) groups is 1. The first-order valence-corrected chi connectivity index (χ1v) is 9.80. The van der Waals surface area contributed by atoms with Gasteiger partial charge in [-0.15, -0.1) is 5.10 Å². The molecule has 1 amide bonds. The lowest BCUT2D eigenvalue weighted by atomic mass is 10.1. The van der Waals surface area contributed by atoms with Crippen molar-refractivity contribution in [2.45, 2.75) is 19.5 Å². The molecule has 2 aliphatic rings. The summed E-state index contributed by atoms with van der Waals surface area (Å²) in [5.41, 5.74) is 0.960. The Labute approximate surface area is 164 Å². The van der Waals surface area contributed by atoms with Crippen LogP contribution in [0, 0.1) is 10.1 Å². The van der Waals surface area contributed by atoms with Gasteiger partial charge in [0.1, 0.15) is 5.70 Å². The minimum absolute atomic E-state index is 0.0286. The molecule has 0 saturated carbocycles. The third-order valence-electron chi connectivity index (χ3n) is 4.34. The lowest BCUT2D eigenvalue weighted by molar-refractivity contribution is -0.384. The zero-order valence-electron chi connectivity index (χ0n) is 15.0. The van der Waals surface area contributed by atoms with Crippen LogP contribution in [0.3, 0.4) is 0 Å². The Morgan fingerprint density at radius 1 is 1.25 bits per heavy atom. The molecule has 1 unspecified atom stereocenters. The molecule has 0 aromatic heterocycles. The number of amidine groups is 1. The predicted octanol–water partition coefficient (Wildman–Crippen LogP) is 1.88. The molecule has 1 N–H and O–H groups in total. The Morgan fingerprint density at radius 3 is 2.86 bits per heavy atom. The summed E-state index contributed by atoms with van der Waals surface area (Å²) in [5, 5.41) is 22.0. The number of carbonyl (C=O) groups is 1. The van der Waals surface area contributed by atoms with Crippen LogP contribution in [-0.2, 0) is 4.79 Å². The normalized spacial score (nSPS) is 17.8. The Kier molecular flexibility index (Phi) is 4.82. The van der Waals surface area contributed by atoms with Crippen molar-refractivity contribution in [3.63, 3.8) is 0 Å². The predicted molar refractivity (Wildman–Crippen MR) is 107 cm³/mol. The lowest BCUT2D eigenvalue weighted by Crippen LogP contribution is -2.50. The van der Waals surface area contributed by atoms with E-state index in [2.05, 4.69) is 10.4 Å². The summed E-state index contributed by atoms with van der Waals surface area (Å²) < 4.78 is 0. The van der Waals surface area contributed by atoms with Gasteiger partial charge >= 0.3 is 0 Å². The van der Waals surface area contributed by atoms with E-state index in [1.54, 1.807) is 17.1 Å². The maximum atomic E-state index is 12.9. The molecule has 8 nitrogen and oxygen atoms in total. The summed E-state index contributed by atoms with van der Waals surface area (Å²) in [6, 6.07) is 13.6. The van der Waals surface area contributed by atoms with Gasteiger partial charge in [-0.05, 0) is 12.5 Å². The van der Waals surface area contributed by atoms with Crippen LogP contribution in [0.5, 0.6) is 0 Å². The first-order chi connectivity index (χ1) is 13.6. The van der Waals surface area contributed by atoms with Gasteiger partial charge < -0.3 is 0 Å². The summed E-state index contributed by atoms with van der Waals surface area (Å²) in [5.74, 6) is 0.559. The van der Waals surface area contributed by atoms with Gasteiger partial charge in [-0.1, -0.05) is 49.0 Å². The molecular weight excluding hydrogens is 378 g/mol. The van der Waals surface area contributed by atoms with Crippen molar-refractivity contribution in [2.24, 2.45) is 10.1 Å². The lowest BCUT2D eigenvalue weighted by Gasteiger charge is -2.34. The van der Waals surface area contributed by atoms with E-state index in [-0.39, 0.29) is 11.6 Å². The first kappa shape index (κ1) is 18.2. The number of hydrazone groups is 1. The highest BCUT2D eigenvalue weighted by atomic mass is 32.2. The fraction of sp³-hybridized carbons (Fsp3) is 0.211.